The fourth-order valence-corrected chi connectivity index (χ4v) is 6.56. The lowest BCUT2D eigenvalue weighted by atomic mass is 10.0. The highest BCUT2D eigenvalue weighted by Gasteiger charge is 2.52. The molecule has 7 atom stereocenters. The molecule has 0 aromatic carbocycles. The van der Waals surface area contributed by atoms with Gasteiger partial charge in [-0.3, -0.25) is 4.57 Å². The average Bonchev–Trinajstić information content (AvgIpc) is 3.46. The molecule has 3 fully saturated rings. The number of H-pyrrole nitrogens is 1. The smallest absolute Gasteiger partial charge is 0.356 e. The van der Waals surface area contributed by atoms with Gasteiger partial charge in [0.15, 0.2) is 11.7 Å². The number of hydrogen-bond acceptors (Lipinski definition) is 8. The van der Waals surface area contributed by atoms with Crippen LogP contribution in [0.3, 0.4) is 0 Å². The molecule has 4 heterocycles. The predicted molar refractivity (Wildman–Crippen MR) is 114 cm³/mol. The highest BCUT2D eigenvalue weighted by molar-refractivity contribution is 7.52. The van der Waals surface area contributed by atoms with Crippen molar-refractivity contribution >= 4 is 36.0 Å². The molecular formula is C19H26ClN4O7P. The maximum absolute atomic E-state index is 11.8. The number of aliphatic hydroxyl groups excluding tert-OH is 2. The zero-order valence-corrected chi connectivity index (χ0v) is 19.0. The van der Waals surface area contributed by atoms with Crippen LogP contribution in [0.4, 0.5) is 5.82 Å². The summed E-state index contributed by atoms with van der Waals surface area (Å²) in [7, 11) is -3.65. The summed E-state index contributed by atoms with van der Waals surface area (Å²) in [4.78, 5) is 33.2. The van der Waals surface area contributed by atoms with Gasteiger partial charge in [-0.25, -0.2) is 4.98 Å². The normalized spacial score (nSPS) is 33.9. The summed E-state index contributed by atoms with van der Waals surface area (Å²) >= 11 is 6.25. The van der Waals surface area contributed by atoms with Gasteiger partial charge in [0.1, 0.15) is 35.4 Å². The van der Waals surface area contributed by atoms with Crippen LogP contribution in [0.1, 0.15) is 30.9 Å². The minimum atomic E-state index is -4.76. The molecule has 2 aliphatic heterocycles. The molecule has 1 saturated carbocycles. The zero-order chi connectivity index (χ0) is 22.8. The molecule has 0 spiro atoms. The third-order valence-electron chi connectivity index (χ3n) is 6.99. The van der Waals surface area contributed by atoms with Crippen molar-refractivity contribution < 1.29 is 34.0 Å². The zero-order valence-electron chi connectivity index (χ0n) is 17.3. The van der Waals surface area contributed by atoms with Crippen molar-refractivity contribution in [1.29, 1.82) is 0 Å². The Morgan fingerprint density at radius 2 is 1.94 bits per heavy atom. The van der Waals surface area contributed by atoms with E-state index in [1.165, 1.54) is 19.3 Å². The van der Waals surface area contributed by atoms with Crippen LogP contribution in [-0.4, -0.2) is 79.3 Å². The van der Waals surface area contributed by atoms with Gasteiger partial charge in [0.25, 0.3) is 0 Å². The van der Waals surface area contributed by atoms with Gasteiger partial charge in [0, 0.05) is 32.0 Å². The van der Waals surface area contributed by atoms with Crippen molar-refractivity contribution in [2.24, 2.45) is 11.8 Å². The van der Waals surface area contributed by atoms with Gasteiger partial charge in [-0.15, -0.1) is 0 Å². The summed E-state index contributed by atoms with van der Waals surface area (Å²) in [5, 5.41) is 21.1. The fourth-order valence-electron chi connectivity index (χ4n) is 5.50. The molecule has 2 saturated heterocycles. The van der Waals surface area contributed by atoms with Crippen molar-refractivity contribution in [2.45, 2.75) is 49.5 Å². The van der Waals surface area contributed by atoms with Crippen molar-refractivity contribution in [3.05, 3.63) is 17.0 Å². The molecule has 0 radical (unpaired) electrons. The molecule has 32 heavy (non-hydrogen) atoms. The van der Waals surface area contributed by atoms with Gasteiger partial charge in [0.05, 0.1) is 0 Å². The molecule has 0 amide bonds. The highest BCUT2D eigenvalue weighted by atomic mass is 35.5. The first kappa shape index (κ1) is 22.5. The average molecular weight is 489 g/mol. The lowest BCUT2D eigenvalue weighted by Gasteiger charge is -2.24. The Labute approximate surface area is 188 Å². The van der Waals surface area contributed by atoms with Gasteiger partial charge in [0.2, 0.25) is 5.28 Å². The van der Waals surface area contributed by atoms with Crippen molar-refractivity contribution in [3.8, 4) is 0 Å². The summed E-state index contributed by atoms with van der Waals surface area (Å²) < 4.78 is 22.4. The van der Waals surface area contributed by atoms with E-state index >= 15 is 0 Å². The number of methoxy groups -OCH3 is 1. The number of anilines is 1. The number of ether oxygens (including phenoxy) is 2. The van der Waals surface area contributed by atoms with Gasteiger partial charge in [-0.1, -0.05) is 6.42 Å². The standard InChI is InChI=1S/C19H26ClN4O7P/c1-30-18(32(27,28)29)16-14(26)13(25)15(31-16)10-5-21-12-11(10)22-19(20)23-17(12)24-6-8-3-2-4-9(8)7-24/h5,8-9,13-16,18,21,25-26H,2-4,6-7H2,1H3,(H2,27,28,29)/t8?,9?,13-,14+,15+,16-,18?/m1/s1. The maximum atomic E-state index is 11.8. The summed E-state index contributed by atoms with van der Waals surface area (Å²) in [5.41, 5.74) is 1.48. The monoisotopic (exact) mass is 488 g/mol. The van der Waals surface area contributed by atoms with Crippen molar-refractivity contribution in [1.82, 2.24) is 15.0 Å². The van der Waals surface area contributed by atoms with E-state index in [0.29, 0.717) is 34.3 Å². The van der Waals surface area contributed by atoms with Crippen LogP contribution in [0.15, 0.2) is 6.20 Å². The van der Waals surface area contributed by atoms with Crippen LogP contribution in [0.5, 0.6) is 0 Å². The highest BCUT2D eigenvalue weighted by Crippen LogP contribution is 2.49. The van der Waals surface area contributed by atoms with E-state index in [2.05, 4.69) is 19.9 Å². The van der Waals surface area contributed by atoms with E-state index in [1.54, 1.807) is 6.20 Å². The summed E-state index contributed by atoms with van der Waals surface area (Å²) in [5.74, 6) is 0.237. The van der Waals surface area contributed by atoms with Crippen LogP contribution in [-0.2, 0) is 14.0 Å². The Morgan fingerprint density at radius 1 is 1.25 bits per heavy atom. The number of nitrogens with zero attached hydrogens (tertiary/aromatic N) is 3. The Morgan fingerprint density at radius 3 is 2.56 bits per heavy atom. The number of rotatable bonds is 5. The van der Waals surface area contributed by atoms with Crippen LogP contribution in [0.25, 0.3) is 11.0 Å². The van der Waals surface area contributed by atoms with Gasteiger partial charge in [-0.05, 0) is 36.3 Å². The second-order valence-electron chi connectivity index (χ2n) is 8.86. The first-order chi connectivity index (χ1) is 15.2. The summed E-state index contributed by atoms with van der Waals surface area (Å²) in [6, 6.07) is 0. The maximum Gasteiger partial charge on any atom is 0.356 e. The number of aromatic amines is 1. The Kier molecular flexibility index (Phi) is 5.75. The van der Waals surface area contributed by atoms with E-state index in [-0.39, 0.29) is 5.28 Å². The molecule has 2 aromatic rings. The number of nitrogens with one attached hydrogen (secondary N) is 1. The first-order valence-electron chi connectivity index (χ1n) is 10.6. The first-order valence-corrected chi connectivity index (χ1v) is 12.6. The van der Waals surface area contributed by atoms with Gasteiger partial charge in [-0.2, -0.15) is 4.98 Å². The van der Waals surface area contributed by atoms with Crippen molar-refractivity contribution in [3.63, 3.8) is 0 Å². The molecule has 176 valence electrons. The minimum Gasteiger partial charge on any atom is -0.387 e. The quantitative estimate of drug-likeness (QED) is 0.305. The van der Waals surface area contributed by atoms with Crippen LogP contribution in [0, 0.1) is 11.8 Å². The van der Waals surface area contributed by atoms with E-state index in [0.717, 1.165) is 20.2 Å². The SMILES string of the molecule is COC([C@@H]1O[C@@H](c2c[nH]c3c(N4CC5CCCC5C4)nc(Cl)nc23)[C@H](O)[C@@H]1O)P(=O)(O)O. The van der Waals surface area contributed by atoms with E-state index in [1.807, 2.05) is 0 Å². The third kappa shape index (κ3) is 3.65. The molecule has 3 aliphatic rings. The Hall–Kier alpha value is -1.30. The predicted octanol–water partition coefficient (Wildman–Crippen LogP) is 1.16. The molecular weight excluding hydrogens is 463 g/mol. The number of halogens is 1. The Bertz CT molecular complexity index is 1050. The number of aromatic nitrogens is 3. The second-order valence-corrected chi connectivity index (χ2v) is 10.9. The van der Waals surface area contributed by atoms with Crippen molar-refractivity contribution in [2.75, 3.05) is 25.1 Å². The van der Waals surface area contributed by atoms with Gasteiger partial charge < -0.3 is 39.4 Å². The van der Waals surface area contributed by atoms with Crippen LogP contribution < -0.4 is 4.90 Å². The van der Waals surface area contributed by atoms with E-state index in [9.17, 15) is 24.6 Å². The summed E-state index contributed by atoms with van der Waals surface area (Å²) in [6.07, 6.45) is -0.276. The lowest BCUT2D eigenvalue weighted by molar-refractivity contribution is -0.0578. The van der Waals surface area contributed by atoms with Crippen LogP contribution >= 0.6 is 19.2 Å². The van der Waals surface area contributed by atoms with E-state index < -0.39 is 37.9 Å². The summed E-state index contributed by atoms with van der Waals surface area (Å²) in [6.45, 7) is 1.78. The number of hydrogen-bond donors (Lipinski definition) is 5. The van der Waals surface area contributed by atoms with Crippen LogP contribution in [0.2, 0.25) is 5.28 Å². The number of fused-ring (bicyclic) bond motifs is 2. The molecule has 5 rings (SSSR count). The molecule has 3 unspecified atom stereocenters. The molecule has 11 nitrogen and oxygen atoms in total. The fraction of sp³-hybridized carbons (Fsp3) is 0.684. The second kappa shape index (κ2) is 8.18. The Balaban J connectivity index is 1.49. The third-order valence-corrected chi connectivity index (χ3v) is 8.33. The molecule has 2 aromatic heterocycles. The van der Waals surface area contributed by atoms with E-state index in [4.69, 9.17) is 21.1 Å². The molecule has 1 aliphatic carbocycles. The largest absolute Gasteiger partial charge is 0.387 e. The molecule has 13 heteroatoms. The molecule has 0 bridgehead atoms. The molecule has 5 N–H and O–H groups in total. The number of aliphatic hydroxyl groups is 2. The lowest BCUT2D eigenvalue weighted by Crippen LogP contribution is -2.39. The minimum absolute atomic E-state index is 0.0416. The van der Waals surface area contributed by atoms with Gasteiger partial charge >= 0.3 is 7.60 Å². The topological polar surface area (TPSA) is 161 Å².